The van der Waals surface area contributed by atoms with Crippen molar-refractivity contribution in [1.29, 1.82) is 0 Å². The summed E-state index contributed by atoms with van der Waals surface area (Å²) in [5.74, 6) is 0.611. The molecule has 31 heavy (non-hydrogen) atoms. The Morgan fingerprint density at radius 3 is 2.55 bits per heavy atom. The van der Waals surface area contributed by atoms with Gasteiger partial charge < -0.3 is 24.8 Å². The fourth-order valence-corrected chi connectivity index (χ4v) is 3.26. The lowest BCUT2D eigenvalue weighted by molar-refractivity contribution is -0.144. The number of hydrogen-bond acceptors (Lipinski definition) is 5. The number of amides is 2. The van der Waals surface area contributed by atoms with Crippen molar-refractivity contribution in [1.82, 2.24) is 10.6 Å². The summed E-state index contributed by atoms with van der Waals surface area (Å²) in [5, 5.41) is 5.48. The average Bonchev–Trinajstić information content (AvgIpc) is 2.77. The minimum atomic E-state index is -0.671. The summed E-state index contributed by atoms with van der Waals surface area (Å²) in [7, 11) is 1.57. The largest absolute Gasteiger partial charge is 0.493 e. The van der Waals surface area contributed by atoms with Gasteiger partial charge in [-0.05, 0) is 43.5 Å². The Balaban J connectivity index is 1.92. The topological polar surface area (TPSA) is 85.9 Å². The molecule has 2 atom stereocenters. The van der Waals surface area contributed by atoms with Gasteiger partial charge in [-0.2, -0.15) is 0 Å². The first-order valence-electron chi connectivity index (χ1n) is 10.3. The van der Waals surface area contributed by atoms with E-state index in [0.717, 1.165) is 5.56 Å². The molecular formula is C24H28N2O5. The number of urea groups is 1. The smallest absolute Gasteiger partial charge is 0.338 e. The second-order valence-electron chi connectivity index (χ2n) is 7.38. The summed E-state index contributed by atoms with van der Waals surface area (Å²) in [5.41, 5.74) is 2.52. The van der Waals surface area contributed by atoms with Crippen molar-refractivity contribution >= 4 is 12.0 Å². The Hall–Kier alpha value is -3.48. The first kappa shape index (κ1) is 22.2. The van der Waals surface area contributed by atoms with Crippen molar-refractivity contribution < 1.29 is 23.8 Å². The van der Waals surface area contributed by atoms with Crippen LogP contribution in [-0.4, -0.2) is 25.2 Å². The van der Waals surface area contributed by atoms with E-state index in [2.05, 4.69) is 10.6 Å². The maximum absolute atomic E-state index is 12.9. The van der Waals surface area contributed by atoms with Crippen LogP contribution >= 0.6 is 0 Å². The molecule has 0 saturated heterocycles. The minimum Gasteiger partial charge on any atom is -0.493 e. The van der Waals surface area contributed by atoms with Crippen LogP contribution in [0.4, 0.5) is 4.79 Å². The number of carbonyl (C=O) groups excluding carboxylic acids is 2. The molecule has 2 amide bonds. The lowest BCUT2D eigenvalue weighted by Crippen LogP contribution is -2.45. The zero-order chi connectivity index (χ0) is 22.4. The molecule has 3 rings (SSSR count). The summed E-state index contributed by atoms with van der Waals surface area (Å²) in [4.78, 5) is 25.0. The lowest BCUT2D eigenvalue weighted by Gasteiger charge is -2.29. The van der Waals surface area contributed by atoms with E-state index < -0.39 is 12.0 Å². The SMILES string of the molecule is CC[C@H](C)OC(=O)C1=C(C)NC(=O)N[C@@H]1c1ccc(OC)c(OCc2ccccc2)c1. The highest BCUT2D eigenvalue weighted by atomic mass is 16.5. The highest BCUT2D eigenvalue weighted by Crippen LogP contribution is 2.35. The zero-order valence-electron chi connectivity index (χ0n) is 18.2. The Morgan fingerprint density at radius 1 is 1.13 bits per heavy atom. The molecule has 7 nitrogen and oxygen atoms in total. The third kappa shape index (κ3) is 5.36. The molecule has 164 valence electrons. The molecule has 0 aromatic heterocycles. The zero-order valence-corrected chi connectivity index (χ0v) is 18.2. The Labute approximate surface area is 182 Å². The number of hydrogen-bond donors (Lipinski definition) is 2. The summed E-state index contributed by atoms with van der Waals surface area (Å²) >= 11 is 0. The van der Waals surface area contributed by atoms with Crippen LogP contribution in [0.15, 0.2) is 59.8 Å². The molecule has 2 aromatic carbocycles. The van der Waals surface area contributed by atoms with Gasteiger partial charge in [-0.25, -0.2) is 9.59 Å². The van der Waals surface area contributed by atoms with Gasteiger partial charge >= 0.3 is 12.0 Å². The molecule has 0 fully saturated rings. The molecule has 0 aliphatic carbocycles. The van der Waals surface area contributed by atoms with Gasteiger partial charge in [0.1, 0.15) is 6.61 Å². The number of ether oxygens (including phenoxy) is 3. The predicted molar refractivity (Wildman–Crippen MR) is 117 cm³/mol. The fourth-order valence-electron chi connectivity index (χ4n) is 3.26. The van der Waals surface area contributed by atoms with E-state index in [0.29, 0.717) is 41.4 Å². The van der Waals surface area contributed by atoms with Gasteiger partial charge in [0.05, 0.1) is 24.8 Å². The van der Waals surface area contributed by atoms with E-state index in [1.165, 1.54) is 0 Å². The van der Waals surface area contributed by atoms with E-state index in [1.54, 1.807) is 32.2 Å². The highest BCUT2D eigenvalue weighted by Gasteiger charge is 2.33. The molecular weight excluding hydrogens is 396 g/mol. The van der Waals surface area contributed by atoms with Gasteiger partial charge in [0, 0.05) is 5.70 Å². The summed E-state index contributed by atoms with van der Waals surface area (Å²) in [6.07, 6.45) is 0.467. The minimum absolute atomic E-state index is 0.230. The van der Waals surface area contributed by atoms with Crippen LogP contribution in [0.5, 0.6) is 11.5 Å². The van der Waals surface area contributed by atoms with Gasteiger partial charge in [-0.1, -0.05) is 43.3 Å². The molecule has 0 radical (unpaired) electrons. The number of nitrogens with one attached hydrogen (secondary N) is 2. The number of allylic oxidation sites excluding steroid dienone is 1. The van der Waals surface area contributed by atoms with Crippen molar-refractivity contribution in [3.8, 4) is 11.5 Å². The number of carbonyl (C=O) groups is 2. The number of rotatable bonds is 8. The van der Waals surface area contributed by atoms with Crippen molar-refractivity contribution in [2.24, 2.45) is 0 Å². The number of methoxy groups -OCH3 is 1. The van der Waals surface area contributed by atoms with Crippen LogP contribution in [-0.2, 0) is 16.1 Å². The first-order valence-corrected chi connectivity index (χ1v) is 10.3. The highest BCUT2D eigenvalue weighted by molar-refractivity contribution is 5.95. The normalized spacial score (nSPS) is 16.8. The summed E-state index contributed by atoms with van der Waals surface area (Å²) in [6, 6.07) is 14.1. The van der Waals surface area contributed by atoms with Crippen LogP contribution in [0.3, 0.4) is 0 Å². The van der Waals surface area contributed by atoms with Gasteiger partial charge in [0.2, 0.25) is 0 Å². The summed E-state index contributed by atoms with van der Waals surface area (Å²) < 4.78 is 17.0. The standard InChI is InChI=1S/C24H28N2O5/c1-5-15(2)31-23(27)21-16(3)25-24(28)26-22(21)18-11-12-19(29-4)20(13-18)30-14-17-9-7-6-8-10-17/h6-13,15,22H,5,14H2,1-4H3,(H2,25,26,28)/t15-,22+/m0/s1. The third-order valence-corrected chi connectivity index (χ3v) is 5.13. The Kier molecular flexibility index (Phi) is 7.18. The molecule has 0 spiro atoms. The Morgan fingerprint density at radius 2 is 1.87 bits per heavy atom. The summed E-state index contributed by atoms with van der Waals surface area (Å²) in [6.45, 7) is 5.82. The molecule has 2 N–H and O–H groups in total. The van der Waals surface area contributed by atoms with Crippen LogP contribution in [0, 0.1) is 0 Å². The fraction of sp³-hybridized carbons (Fsp3) is 0.333. The molecule has 7 heteroatoms. The van der Waals surface area contributed by atoms with Gasteiger partial charge in [-0.15, -0.1) is 0 Å². The molecule has 2 aromatic rings. The predicted octanol–water partition coefficient (Wildman–Crippen LogP) is 4.24. The molecule has 0 saturated carbocycles. The van der Waals surface area contributed by atoms with Crippen LogP contribution in [0.1, 0.15) is 44.4 Å². The van der Waals surface area contributed by atoms with Crippen molar-refractivity contribution in [2.45, 2.75) is 45.9 Å². The van der Waals surface area contributed by atoms with Gasteiger partial charge in [0.25, 0.3) is 0 Å². The second-order valence-corrected chi connectivity index (χ2v) is 7.38. The van der Waals surface area contributed by atoms with Gasteiger partial charge in [-0.3, -0.25) is 0 Å². The molecule has 1 aliphatic heterocycles. The maximum Gasteiger partial charge on any atom is 0.338 e. The number of benzene rings is 2. The van der Waals surface area contributed by atoms with Crippen LogP contribution in [0.2, 0.25) is 0 Å². The van der Waals surface area contributed by atoms with E-state index in [-0.39, 0.29) is 12.1 Å². The lowest BCUT2D eigenvalue weighted by atomic mass is 9.95. The average molecular weight is 424 g/mol. The van der Waals surface area contributed by atoms with Crippen molar-refractivity contribution in [3.05, 3.63) is 70.9 Å². The maximum atomic E-state index is 12.9. The van der Waals surface area contributed by atoms with Crippen molar-refractivity contribution in [2.75, 3.05) is 7.11 Å². The van der Waals surface area contributed by atoms with E-state index in [4.69, 9.17) is 14.2 Å². The first-order chi connectivity index (χ1) is 14.9. The molecule has 0 unspecified atom stereocenters. The van der Waals surface area contributed by atoms with Crippen LogP contribution in [0.25, 0.3) is 0 Å². The van der Waals surface area contributed by atoms with E-state index in [9.17, 15) is 9.59 Å². The van der Waals surface area contributed by atoms with E-state index >= 15 is 0 Å². The van der Waals surface area contributed by atoms with Crippen LogP contribution < -0.4 is 20.1 Å². The number of esters is 1. The molecule has 0 bridgehead atoms. The van der Waals surface area contributed by atoms with Gasteiger partial charge in [0.15, 0.2) is 11.5 Å². The molecule has 1 heterocycles. The van der Waals surface area contributed by atoms with E-state index in [1.807, 2.05) is 44.2 Å². The quantitative estimate of drug-likeness (QED) is 0.619. The Bertz CT molecular complexity index is 971. The molecule has 1 aliphatic rings. The second kappa shape index (κ2) is 10.0. The van der Waals surface area contributed by atoms with Crippen molar-refractivity contribution in [3.63, 3.8) is 0 Å². The monoisotopic (exact) mass is 424 g/mol. The third-order valence-electron chi connectivity index (χ3n) is 5.13.